The summed E-state index contributed by atoms with van der Waals surface area (Å²) < 4.78 is 0. The molecule has 2 heterocycles. The van der Waals surface area contributed by atoms with Gasteiger partial charge >= 0.3 is 6.03 Å². The molecule has 9 heteroatoms. The lowest BCUT2D eigenvalue weighted by atomic mass is 10.1. The van der Waals surface area contributed by atoms with E-state index < -0.39 is 0 Å². The number of rotatable bonds is 4. The second-order valence-corrected chi connectivity index (χ2v) is 6.24. The monoisotopic (exact) mass is 378 g/mol. The predicted molar refractivity (Wildman–Crippen MR) is 103 cm³/mol. The first-order valence-electron chi connectivity index (χ1n) is 8.28. The first kappa shape index (κ1) is 19.7. The number of carbonyl (C=O) groups is 2. The van der Waals surface area contributed by atoms with Crippen molar-refractivity contribution in [1.29, 1.82) is 0 Å². The molecular formula is C17H23ClN6O2. The number of carbonyl (C=O) groups excluding carboxylic acids is 2. The highest BCUT2D eigenvalue weighted by molar-refractivity contribution is 6.04. The Kier molecular flexibility index (Phi) is 6.59. The van der Waals surface area contributed by atoms with Gasteiger partial charge in [0.2, 0.25) is 0 Å². The van der Waals surface area contributed by atoms with Gasteiger partial charge in [0, 0.05) is 48.2 Å². The predicted octanol–water partition coefficient (Wildman–Crippen LogP) is 2.26. The normalized spacial score (nSPS) is 12.7. The molecule has 0 aliphatic carbocycles. The van der Waals surface area contributed by atoms with Crippen LogP contribution in [0.5, 0.6) is 0 Å². The smallest absolute Gasteiger partial charge is 0.319 e. The minimum atomic E-state index is -0.262. The number of fused-ring (bicyclic) bond motifs is 1. The fraction of sp³-hybridized carbons (Fsp3) is 0.353. The lowest BCUT2D eigenvalue weighted by molar-refractivity contribution is 0.102. The highest BCUT2D eigenvalue weighted by Crippen LogP contribution is 2.18. The van der Waals surface area contributed by atoms with Crippen LogP contribution in [0.3, 0.4) is 0 Å². The highest BCUT2D eigenvalue weighted by atomic mass is 35.5. The third kappa shape index (κ3) is 4.74. The van der Waals surface area contributed by atoms with E-state index in [0.717, 1.165) is 24.2 Å². The van der Waals surface area contributed by atoms with E-state index in [1.54, 1.807) is 24.3 Å². The maximum atomic E-state index is 12.4. The van der Waals surface area contributed by atoms with Crippen molar-refractivity contribution in [1.82, 2.24) is 20.8 Å². The number of benzene rings is 1. The molecule has 140 valence electrons. The molecule has 0 unspecified atom stereocenters. The average Bonchev–Trinajstić information content (AvgIpc) is 3.00. The van der Waals surface area contributed by atoms with E-state index in [1.165, 1.54) is 0 Å². The number of aromatic nitrogens is 2. The largest absolute Gasteiger partial charge is 0.336 e. The number of aromatic amines is 1. The van der Waals surface area contributed by atoms with Crippen molar-refractivity contribution in [3.05, 3.63) is 41.2 Å². The molecule has 3 rings (SSSR count). The van der Waals surface area contributed by atoms with Crippen molar-refractivity contribution < 1.29 is 9.59 Å². The van der Waals surface area contributed by atoms with Crippen molar-refractivity contribution in [2.75, 3.05) is 17.2 Å². The Balaban J connectivity index is 0.00000243. The molecular weight excluding hydrogens is 356 g/mol. The number of hydrogen-bond acceptors (Lipinski definition) is 4. The molecule has 0 atom stereocenters. The lowest BCUT2D eigenvalue weighted by Gasteiger charge is -2.13. The number of anilines is 2. The Bertz CT molecular complexity index is 772. The van der Waals surface area contributed by atoms with Crippen molar-refractivity contribution in [2.45, 2.75) is 32.9 Å². The van der Waals surface area contributed by atoms with Gasteiger partial charge in [-0.1, -0.05) is 0 Å². The first-order chi connectivity index (χ1) is 12.0. The van der Waals surface area contributed by atoms with Gasteiger partial charge in [-0.2, -0.15) is 5.10 Å². The summed E-state index contributed by atoms with van der Waals surface area (Å²) in [5, 5.41) is 18.6. The van der Waals surface area contributed by atoms with Gasteiger partial charge in [0.25, 0.3) is 5.91 Å². The van der Waals surface area contributed by atoms with E-state index in [-0.39, 0.29) is 30.4 Å². The second-order valence-electron chi connectivity index (χ2n) is 6.24. The molecule has 26 heavy (non-hydrogen) atoms. The molecule has 3 amide bonds. The molecule has 5 N–H and O–H groups in total. The van der Waals surface area contributed by atoms with Crippen LogP contribution < -0.4 is 21.3 Å². The Morgan fingerprint density at radius 3 is 2.42 bits per heavy atom. The van der Waals surface area contributed by atoms with Gasteiger partial charge in [0.15, 0.2) is 5.69 Å². The van der Waals surface area contributed by atoms with Gasteiger partial charge in [-0.3, -0.25) is 9.89 Å². The molecule has 1 aliphatic rings. The summed E-state index contributed by atoms with van der Waals surface area (Å²) >= 11 is 0. The number of nitrogens with one attached hydrogen (secondary N) is 5. The summed E-state index contributed by atoms with van der Waals surface area (Å²) in [4.78, 5) is 24.1. The summed E-state index contributed by atoms with van der Waals surface area (Å²) in [6.07, 6.45) is 0.842. The third-order valence-electron chi connectivity index (χ3n) is 3.84. The Hall–Kier alpha value is -2.58. The zero-order chi connectivity index (χ0) is 17.8. The fourth-order valence-corrected chi connectivity index (χ4v) is 2.67. The van der Waals surface area contributed by atoms with E-state index in [2.05, 4.69) is 31.5 Å². The van der Waals surface area contributed by atoms with Gasteiger partial charge in [0.05, 0.1) is 0 Å². The molecule has 2 aromatic rings. The maximum Gasteiger partial charge on any atom is 0.319 e. The van der Waals surface area contributed by atoms with Crippen molar-refractivity contribution in [3.8, 4) is 0 Å². The van der Waals surface area contributed by atoms with Crippen molar-refractivity contribution in [2.24, 2.45) is 0 Å². The summed E-state index contributed by atoms with van der Waals surface area (Å²) in [6.45, 7) is 5.31. The number of hydrogen-bond donors (Lipinski definition) is 5. The molecule has 8 nitrogen and oxygen atoms in total. The Morgan fingerprint density at radius 2 is 1.77 bits per heavy atom. The van der Waals surface area contributed by atoms with E-state index >= 15 is 0 Å². The van der Waals surface area contributed by atoms with Crippen LogP contribution in [0.2, 0.25) is 0 Å². The molecule has 0 fully saturated rings. The fourth-order valence-electron chi connectivity index (χ4n) is 2.67. The molecule has 0 spiro atoms. The minimum absolute atomic E-state index is 0. The number of halogens is 1. The SMILES string of the molecule is CC(C)NC(=O)Nc1ccc(NC(=O)c2n[nH]c3c2CNCC3)cc1.Cl. The van der Waals surface area contributed by atoms with Crippen LogP contribution in [0.4, 0.5) is 16.2 Å². The molecule has 1 aromatic carbocycles. The van der Waals surface area contributed by atoms with Gasteiger partial charge in [0.1, 0.15) is 0 Å². The van der Waals surface area contributed by atoms with E-state index in [9.17, 15) is 9.59 Å². The van der Waals surface area contributed by atoms with Crippen LogP contribution in [-0.2, 0) is 13.0 Å². The highest BCUT2D eigenvalue weighted by Gasteiger charge is 2.21. The zero-order valence-electron chi connectivity index (χ0n) is 14.7. The van der Waals surface area contributed by atoms with Crippen LogP contribution in [0.15, 0.2) is 24.3 Å². The number of amides is 3. The molecule has 1 aromatic heterocycles. The first-order valence-corrected chi connectivity index (χ1v) is 8.28. The summed E-state index contributed by atoms with van der Waals surface area (Å²) in [7, 11) is 0. The lowest BCUT2D eigenvalue weighted by Crippen LogP contribution is -2.34. The molecule has 0 bridgehead atoms. The Labute approximate surface area is 157 Å². The summed E-state index contributed by atoms with van der Waals surface area (Å²) in [6, 6.07) is 6.74. The summed E-state index contributed by atoms with van der Waals surface area (Å²) in [5.41, 5.74) is 3.64. The number of urea groups is 1. The van der Waals surface area contributed by atoms with Gasteiger partial charge in [-0.05, 0) is 38.1 Å². The molecule has 0 saturated carbocycles. The molecule has 1 aliphatic heterocycles. The van der Waals surface area contributed by atoms with Crippen LogP contribution >= 0.6 is 12.4 Å². The second kappa shape index (κ2) is 8.68. The maximum absolute atomic E-state index is 12.4. The Morgan fingerprint density at radius 1 is 1.12 bits per heavy atom. The standard InChI is InChI=1S/C17H22N6O2.ClH/c1-10(2)19-17(25)21-12-5-3-11(4-6-12)20-16(24)15-13-9-18-8-7-14(13)22-23-15;/h3-6,10,18H,7-9H2,1-2H3,(H,20,24)(H,22,23)(H2,19,21,25);1H. The van der Waals surface area contributed by atoms with E-state index in [0.29, 0.717) is 23.6 Å². The van der Waals surface area contributed by atoms with E-state index in [1.807, 2.05) is 13.8 Å². The van der Waals surface area contributed by atoms with Crippen molar-refractivity contribution >= 4 is 35.7 Å². The average molecular weight is 379 g/mol. The quantitative estimate of drug-likeness (QED) is 0.562. The molecule has 0 saturated heterocycles. The van der Waals surface area contributed by atoms with Crippen LogP contribution in [0.25, 0.3) is 0 Å². The minimum Gasteiger partial charge on any atom is -0.336 e. The number of H-pyrrole nitrogens is 1. The van der Waals surface area contributed by atoms with Crippen LogP contribution in [0.1, 0.15) is 35.6 Å². The van der Waals surface area contributed by atoms with Crippen LogP contribution in [-0.4, -0.2) is 34.7 Å². The summed E-state index contributed by atoms with van der Waals surface area (Å²) in [5.74, 6) is -0.250. The van der Waals surface area contributed by atoms with Crippen LogP contribution in [0, 0.1) is 0 Å². The topological polar surface area (TPSA) is 111 Å². The van der Waals surface area contributed by atoms with Gasteiger partial charge in [-0.15, -0.1) is 12.4 Å². The number of nitrogens with zero attached hydrogens (tertiary/aromatic N) is 1. The van der Waals surface area contributed by atoms with E-state index in [4.69, 9.17) is 0 Å². The molecule has 0 radical (unpaired) electrons. The zero-order valence-corrected chi connectivity index (χ0v) is 15.5. The van der Waals surface area contributed by atoms with Crippen molar-refractivity contribution in [3.63, 3.8) is 0 Å². The van der Waals surface area contributed by atoms with Gasteiger partial charge < -0.3 is 21.3 Å². The van der Waals surface area contributed by atoms with Gasteiger partial charge in [-0.25, -0.2) is 4.79 Å². The third-order valence-corrected chi connectivity index (χ3v) is 3.84.